The minimum Gasteiger partial charge on any atom is -0.494 e. The molecule has 0 spiro atoms. The van der Waals surface area contributed by atoms with E-state index in [1.807, 2.05) is 55.5 Å². The number of hydrogen-bond donors (Lipinski definition) is 0. The molecule has 2 heterocycles. The van der Waals surface area contributed by atoms with Gasteiger partial charge in [-0.05, 0) is 43.3 Å². The summed E-state index contributed by atoms with van der Waals surface area (Å²) in [5, 5.41) is 5.17. The molecule has 0 bridgehead atoms. The molecule has 0 amide bonds. The molecule has 5 nitrogen and oxygen atoms in total. The van der Waals surface area contributed by atoms with E-state index in [2.05, 4.69) is 15.1 Å². The lowest BCUT2D eigenvalue weighted by Gasteiger charge is -2.31. The second-order valence-electron chi connectivity index (χ2n) is 6.33. The van der Waals surface area contributed by atoms with Crippen molar-refractivity contribution in [3.63, 3.8) is 0 Å². The third-order valence-electron chi connectivity index (χ3n) is 4.47. The fourth-order valence-corrected chi connectivity index (χ4v) is 4.17. The standard InChI is InChI=1S/C21H22ClN3O2S/c1-2-27-19-9-7-18(8-10-19)23-21-25(24-11-13-26-14-12-24)20(15-28-21)16-3-5-17(22)6-4-16/h3-10,15H,2,11-14H2,1H3. The van der Waals surface area contributed by atoms with Crippen LogP contribution in [0.2, 0.25) is 5.02 Å². The Kier molecular flexibility index (Phi) is 6.00. The van der Waals surface area contributed by atoms with E-state index in [-0.39, 0.29) is 0 Å². The monoisotopic (exact) mass is 415 g/mol. The van der Waals surface area contributed by atoms with Gasteiger partial charge in [-0.3, -0.25) is 0 Å². The highest BCUT2D eigenvalue weighted by Crippen LogP contribution is 2.24. The normalized spacial score (nSPS) is 15.1. The number of benzene rings is 2. The minimum absolute atomic E-state index is 0.656. The van der Waals surface area contributed by atoms with E-state index in [0.717, 1.165) is 45.6 Å². The summed E-state index contributed by atoms with van der Waals surface area (Å²) in [7, 11) is 0. The van der Waals surface area contributed by atoms with Gasteiger partial charge in [0.1, 0.15) is 5.75 Å². The number of morpholine rings is 1. The number of ether oxygens (including phenoxy) is 2. The summed E-state index contributed by atoms with van der Waals surface area (Å²) in [6.07, 6.45) is 0. The highest BCUT2D eigenvalue weighted by Gasteiger charge is 2.17. The summed E-state index contributed by atoms with van der Waals surface area (Å²) in [6, 6.07) is 15.8. The van der Waals surface area contributed by atoms with Gasteiger partial charge in [-0.15, -0.1) is 11.3 Å². The van der Waals surface area contributed by atoms with Gasteiger partial charge in [0.25, 0.3) is 0 Å². The van der Waals surface area contributed by atoms with Crippen LogP contribution in [0.4, 0.5) is 5.69 Å². The molecule has 2 aromatic carbocycles. The largest absolute Gasteiger partial charge is 0.494 e. The maximum absolute atomic E-state index is 6.08. The Hall–Kier alpha value is -2.28. The fraction of sp³-hybridized carbons (Fsp3) is 0.286. The van der Waals surface area contributed by atoms with Gasteiger partial charge in [0.15, 0.2) is 0 Å². The first kappa shape index (κ1) is 19.1. The Balaban J connectivity index is 1.76. The molecular weight excluding hydrogens is 394 g/mol. The zero-order valence-corrected chi connectivity index (χ0v) is 17.2. The summed E-state index contributed by atoms with van der Waals surface area (Å²) in [5.41, 5.74) is 3.11. The maximum atomic E-state index is 6.08. The van der Waals surface area contributed by atoms with Crippen LogP contribution in [-0.2, 0) is 4.74 Å². The number of rotatable bonds is 5. The number of halogens is 1. The summed E-state index contributed by atoms with van der Waals surface area (Å²) in [6.45, 7) is 5.72. The Morgan fingerprint density at radius 1 is 1.07 bits per heavy atom. The van der Waals surface area contributed by atoms with Crippen LogP contribution in [0.15, 0.2) is 58.9 Å². The lowest BCUT2D eigenvalue weighted by Crippen LogP contribution is -2.48. The molecule has 1 fully saturated rings. The van der Waals surface area contributed by atoms with E-state index in [1.165, 1.54) is 0 Å². The molecule has 1 saturated heterocycles. The molecule has 0 N–H and O–H groups in total. The zero-order chi connectivity index (χ0) is 19.3. The second-order valence-corrected chi connectivity index (χ2v) is 7.60. The topological polar surface area (TPSA) is 39.0 Å². The molecule has 1 aliphatic rings. The van der Waals surface area contributed by atoms with Gasteiger partial charge in [-0.1, -0.05) is 23.7 Å². The van der Waals surface area contributed by atoms with Gasteiger partial charge in [-0.2, -0.15) is 0 Å². The van der Waals surface area contributed by atoms with Crippen molar-refractivity contribution < 1.29 is 9.47 Å². The molecule has 28 heavy (non-hydrogen) atoms. The minimum atomic E-state index is 0.656. The average molecular weight is 416 g/mol. The van der Waals surface area contributed by atoms with Crippen molar-refractivity contribution in [3.8, 4) is 17.0 Å². The molecule has 7 heteroatoms. The second kappa shape index (κ2) is 8.82. The first-order valence-corrected chi connectivity index (χ1v) is 10.6. The van der Waals surface area contributed by atoms with Crippen molar-refractivity contribution in [1.82, 2.24) is 4.68 Å². The van der Waals surface area contributed by atoms with Gasteiger partial charge in [0.05, 0.1) is 44.3 Å². The van der Waals surface area contributed by atoms with Crippen LogP contribution in [0.5, 0.6) is 5.75 Å². The number of thiazole rings is 1. The molecule has 146 valence electrons. The van der Waals surface area contributed by atoms with Crippen LogP contribution in [0.1, 0.15) is 6.92 Å². The van der Waals surface area contributed by atoms with Crippen molar-refractivity contribution in [2.75, 3.05) is 37.9 Å². The predicted octanol–water partition coefficient (Wildman–Crippen LogP) is 4.47. The summed E-state index contributed by atoms with van der Waals surface area (Å²) in [4.78, 5) is 5.83. The highest BCUT2D eigenvalue weighted by atomic mass is 35.5. The Bertz CT molecular complexity index is 974. The molecule has 0 saturated carbocycles. The van der Waals surface area contributed by atoms with Crippen LogP contribution < -0.4 is 14.5 Å². The van der Waals surface area contributed by atoms with E-state index in [4.69, 9.17) is 26.1 Å². The van der Waals surface area contributed by atoms with E-state index in [0.29, 0.717) is 19.8 Å². The number of nitrogens with zero attached hydrogens (tertiary/aromatic N) is 3. The van der Waals surface area contributed by atoms with Gasteiger partial charge in [0.2, 0.25) is 4.80 Å². The first-order valence-electron chi connectivity index (χ1n) is 9.31. The quantitative estimate of drug-likeness (QED) is 0.617. The molecular formula is C21H22ClN3O2S. The third kappa shape index (κ3) is 4.24. The molecule has 1 aromatic heterocycles. The van der Waals surface area contributed by atoms with Crippen molar-refractivity contribution in [2.45, 2.75) is 6.92 Å². The molecule has 0 atom stereocenters. The van der Waals surface area contributed by atoms with E-state index >= 15 is 0 Å². The van der Waals surface area contributed by atoms with Crippen LogP contribution in [0.3, 0.4) is 0 Å². The smallest absolute Gasteiger partial charge is 0.209 e. The van der Waals surface area contributed by atoms with E-state index in [1.54, 1.807) is 11.3 Å². The van der Waals surface area contributed by atoms with Crippen LogP contribution in [0, 0.1) is 0 Å². The molecule has 1 aliphatic heterocycles. The van der Waals surface area contributed by atoms with Crippen molar-refractivity contribution in [1.29, 1.82) is 0 Å². The molecule has 4 rings (SSSR count). The van der Waals surface area contributed by atoms with Crippen molar-refractivity contribution in [2.24, 2.45) is 4.99 Å². The molecule has 0 radical (unpaired) electrons. The molecule has 0 aliphatic carbocycles. The van der Waals surface area contributed by atoms with Crippen LogP contribution >= 0.6 is 22.9 Å². The molecule has 3 aromatic rings. The van der Waals surface area contributed by atoms with E-state index < -0.39 is 0 Å². The van der Waals surface area contributed by atoms with Crippen LogP contribution in [0.25, 0.3) is 11.3 Å². The summed E-state index contributed by atoms with van der Waals surface area (Å²) >= 11 is 7.70. The average Bonchev–Trinajstić information content (AvgIpc) is 3.14. The lowest BCUT2D eigenvalue weighted by atomic mass is 10.2. The third-order valence-corrected chi connectivity index (χ3v) is 5.54. The number of aromatic nitrogens is 1. The summed E-state index contributed by atoms with van der Waals surface area (Å²) in [5.74, 6) is 0.857. The van der Waals surface area contributed by atoms with Gasteiger partial charge >= 0.3 is 0 Å². The van der Waals surface area contributed by atoms with Gasteiger partial charge < -0.3 is 14.5 Å². The van der Waals surface area contributed by atoms with Gasteiger partial charge in [0, 0.05) is 16.0 Å². The Morgan fingerprint density at radius 3 is 2.46 bits per heavy atom. The Labute approximate surface area is 173 Å². The highest BCUT2D eigenvalue weighted by molar-refractivity contribution is 7.07. The fourth-order valence-electron chi connectivity index (χ4n) is 3.12. The maximum Gasteiger partial charge on any atom is 0.209 e. The van der Waals surface area contributed by atoms with Crippen molar-refractivity contribution >= 4 is 28.6 Å². The number of hydrogen-bond acceptors (Lipinski definition) is 5. The van der Waals surface area contributed by atoms with Gasteiger partial charge in [-0.25, -0.2) is 9.67 Å². The molecule has 0 unspecified atom stereocenters. The van der Waals surface area contributed by atoms with Crippen LogP contribution in [-0.4, -0.2) is 37.6 Å². The Morgan fingerprint density at radius 2 is 1.79 bits per heavy atom. The van der Waals surface area contributed by atoms with Crippen molar-refractivity contribution in [3.05, 3.63) is 63.7 Å². The summed E-state index contributed by atoms with van der Waals surface area (Å²) < 4.78 is 13.3. The van der Waals surface area contributed by atoms with E-state index in [9.17, 15) is 0 Å². The predicted molar refractivity (Wildman–Crippen MR) is 114 cm³/mol. The lowest BCUT2D eigenvalue weighted by molar-refractivity contribution is 0.111. The SMILES string of the molecule is CCOc1ccc(N=c2scc(-c3ccc(Cl)cc3)n2N2CCOCC2)cc1. The first-order chi connectivity index (χ1) is 13.7. The zero-order valence-electron chi connectivity index (χ0n) is 15.7.